The fourth-order valence-electron chi connectivity index (χ4n) is 5.61. The summed E-state index contributed by atoms with van der Waals surface area (Å²) in [5, 5.41) is 30.0. The van der Waals surface area contributed by atoms with Gasteiger partial charge in [-0.05, 0) is 74.3 Å². The topological polar surface area (TPSA) is 60.7 Å². The van der Waals surface area contributed by atoms with Crippen molar-refractivity contribution in [3.05, 3.63) is 47.1 Å². The van der Waals surface area contributed by atoms with Crippen molar-refractivity contribution in [2.24, 2.45) is 17.3 Å². The normalized spacial score (nSPS) is 35.6. The summed E-state index contributed by atoms with van der Waals surface area (Å²) >= 11 is 0. The van der Waals surface area contributed by atoms with E-state index < -0.39 is 17.8 Å². The van der Waals surface area contributed by atoms with Crippen molar-refractivity contribution < 1.29 is 15.3 Å². The molecule has 0 aromatic carbocycles. The molecule has 0 aromatic heterocycles. The first-order valence-electron chi connectivity index (χ1n) is 11.4. The molecule has 5 atom stereocenters. The number of aliphatic hydroxyl groups is 3. The van der Waals surface area contributed by atoms with E-state index in [0.29, 0.717) is 24.7 Å². The molecular formula is C27H38O3. The van der Waals surface area contributed by atoms with Crippen LogP contribution in [-0.2, 0) is 0 Å². The summed E-state index contributed by atoms with van der Waals surface area (Å²) in [6.45, 7) is 12.1. The van der Waals surface area contributed by atoms with Gasteiger partial charge in [0.2, 0.25) is 0 Å². The molecule has 3 heteroatoms. The van der Waals surface area contributed by atoms with Crippen LogP contribution >= 0.6 is 0 Å². The fourth-order valence-corrected chi connectivity index (χ4v) is 5.61. The Morgan fingerprint density at radius 2 is 2.07 bits per heavy atom. The third kappa shape index (κ3) is 4.99. The van der Waals surface area contributed by atoms with Crippen molar-refractivity contribution in [2.45, 2.75) is 90.4 Å². The van der Waals surface area contributed by atoms with Crippen molar-refractivity contribution in [3.8, 4) is 11.8 Å². The number of aliphatic hydroxyl groups excluding tert-OH is 2. The van der Waals surface area contributed by atoms with Crippen molar-refractivity contribution in [1.82, 2.24) is 0 Å². The van der Waals surface area contributed by atoms with Gasteiger partial charge in [-0.3, -0.25) is 0 Å². The average Bonchev–Trinajstić information content (AvgIpc) is 3.00. The number of hydrogen-bond acceptors (Lipinski definition) is 3. The van der Waals surface area contributed by atoms with Crippen LogP contribution in [0.15, 0.2) is 47.1 Å². The van der Waals surface area contributed by atoms with Gasteiger partial charge in [0.1, 0.15) is 5.60 Å². The number of rotatable bonds is 3. The average molecular weight is 411 g/mol. The highest BCUT2D eigenvalue weighted by Crippen LogP contribution is 2.56. The Hall–Kier alpha value is -1.60. The minimum absolute atomic E-state index is 0.168. The molecule has 0 bridgehead atoms. The van der Waals surface area contributed by atoms with Crippen LogP contribution < -0.4 is 0 Å². The highest BCUT2D eigenvalue weighted by atomic mass is 16.3. The molecule has 3 N–H and O–H groups in total. The van der Waals surface area contributed by atoms with E-state index in [4.69, 9.17) is 0 Å². The largest absolute Gasteiger partial charge is 0.393 e. The van der Waals surface area contributed by atoms with Crippen molar-refractivity contribution in [3.63, 3.8) is 0 Å². The SMILES string of the molecule is C=C1/C(=C/C=C2/CCC[C@]3(C)C([C@H](C)CC#CC(C)(C)O)=CC[C@@H]23)C[C@@H](O)C[C@@H]1O. The van der Waals surface area contributed by atoms with Gasteiger partial charge in [0.15, 0.2) is 0 Å². The molecule has 2 fully saturated rings. The monoisotopic (exact) mass is 410 g/mol. The van der Waals surface area contributed by atoms with Gasteiger partial charge in [-0.1, -0.05) is 61.6 Å². The highest BCUT2D eigenvalue weighted by molar-refractivity contribution is 5.40. The third-order valence-corrected chi connectivity index (χ3v) is 7.21. The van der Waals surface area contributed by atoms with Crippen LogP contribution in [0.3, 0.4) is 0 Å². The predicted octanol–water partition coefficient (Wildman–Crippen LogP) is 4.85. The molecule has 30 heavy (non-hydrogen) atoms. The summed E-state index contributed by atoms with van der Waals surface area (Å²) in [6.07, 6.45) is 11.9. The molecule has 0 unspecified atom stereocenters. The van der Waals surface area contributed by atoms with E-state index in [-0.39, 0.29) is 5.41 Å². The van der Waals surface area contributed by atoms with Gasteiger partial charge >= 0.3 is 0 Å². The quantitative estimate of drug-likeness (QED) is 0.460. The molecule has 0 spiro atoms. The lowest BCUT2D eigenvalue weighted by molar-refractivity contribution is 0.0862. The molecule has 3 aliphatic rings. The molecule has 0 radical (unpaired) electrons. The molecular weight excluding hydrogens is 372 g/mol. The molecule has 0 aliphatic heterocycles. The highest BCUT2D eigenvalue weighted by Gasteiger charge is 2.45. The molecule has 0 amide bonds. The van der Waals surface area contributed by atoms with Crippen LogP contribution in [0.4, 0.5) is 0 Å². The molecule has 0 heterocycles. The number of hydrogen-bond donors (Lipinski definition) is 3. The van der Waals surface area contributed by atoms with Gasteiger partial charge in [0.05, 0.1) is 12.2 Å². The summed E-state index contributed by atoms with van der Waals surface area (Å²) in [4.78, 5) is 0. The second kappa shape index (κ2) is 8.87. The second-order valence-electron chi connectivity index (χ2n) is 10.3. The number of allylic oxidation sites excluding steroid dienone is 5. The zero-order valence-corrected chi connectivity index (χ0v) is 19.0. The van der Waals surface area contributed by atoms with Crippen LogP contribution in [-0.4, -0.2) is 33.1 Å². The van der Waals surface area contributed by atoms with E-state index >= 15 is 0 Å². The Labute approximate surface area is 182 Å². The van der Waals surface area contributed by atoms with Crippen molar-refractivity contribution >= 4 is 0 Å². The Kier molecular flexibility index (Phi) is 6.82. The minimum Gasteiger partial charge on any atom is -0.393 e. The molecule has 164 valence electrons. The first-order valence-corrected chi connectivity index (χ1v) is 11.4. The van der Waals surface area contributed by atoms with Crippen LogP contribution in [0.2, 0.25) is 0 Å². The lowest BCUT2D eigenvalue weighted by Gasteiger charge is -2.42. The molecule has 3 aliphatic carbocycles. The standard InChI is InChI=1S/C27H38O3/c1-18(8-6-14-26(3,4)30)23-12-13-24-20(9-7-15-27(23,24)5)10-11-21-16-22(28)17-25(29)19(21)2/h10-12,18,22,24-25,28-30H,2,7-9,13,15-17H2,1,3-5H3/b20-10-,21-11+/t18-,22-,24+,25+,27-/m1/s1. The van der Waals surface area contributed by atoms with Gasteiger partial charge in [0, 0.05) is 12.8 Å². The van der Waals surface area contributed by atoms with Crippen LogP contribution in [0.25, 0.3) is 0 Å². The van der Waals surface area contributed by atoms with E-state index in [1.54, 1.807) is 13.8 Å². The summed E-state index contributed by atoms with van der Waals surface area (Å²) in [5.41, 5.74) is 3.95. The van der Waals surface area contributed by atoms with Gasteiger partial charge in [0.25, 0.3) is 0 Å². The van der Waals surface area contributed by atoms with Gasteiger partial charge in [-0.2, -0.15) is 0 Å². The van der Waals surface area contributed by atoms with E-state index in [1.807, 2.05) is 0 Å². The molecule has 0 aromatic rings. The van der Waals surface area contributed by atoms with E-state index in [0.717, 1.165) is 30.4 Å². The molecule has 0 saturated heterocycles. The minimum atomic E-state index is -0.936. The van der Waals surface area contributed by atoms with Gasteiger partial charge in [-0.25, -0.2) is 0 Å². The van der Waals surface area contributed by atoms with E-state index in [9.17, 15) is 15.3 Å². The maximum Gasteiger partial charge on any atom is 0.119 e. The summed E-state index contributed by atoms with van der Waals surface area (Å²) in [5.74, 6) is 7.03. The Morgan fingerprint density at radius 3 is 2.77 bits per heavy atom. The summed E-state index contributed by atoms with van der Waals surface area (Å²) in [7, 11) is 0. The Bertz CT molecular complexity index is 826. The van der Waals surface area contributed by atoms with Gasteiger partial charge < -0.3 is 15.3 Å². The first kappa shape index (κ1) is 23.1. The predicted molar refractivity (Wildman–Crippen MR) is 123 cm³/mol. The van der Waals surface area contributed by atoms with Crippen molar-refractivity contribution in [2.75, 3.05) is 0 Å². The zero-order valence-electron chi connectivity index (χ0n) is 19.0. The maximum absolute atomic E-state index is 10.1. The van der Waals surface area contributed by atoms with E-state index in [2.05, 4.69) is 50.5 Å². The first-order chi connectivity index (χ1) is 14.0. The molecule has 3 nitrogen and oxygen atoms in total. The summed E-state index contributed by atoms with van der Waals surface area (Å²) < 4.78 is 0. The Morgan fingerprint density at radius 1 is 1.33 bits per heavy atom. The van der Waals surface area contributed by atoms with Crippen LogP contribution in [0.5, 0.6) is 0 Å². The smallest absolute Gasteiger partial charge is 0.119 e. The molecule has 3 rings (SSSR count). The zero-order chi connectivity index (χ0) is 22.1. The lowest BCUT2D eigenvalue weighted by atomic mass is 9.62. The van der Waals surface area contributed by atoms with Crippen LogP contribution in [0, 0.1) is 29.1 Å². The van der Waals surface area contributed by atoms with E-state index in [1.165, 1.54) is 24.0 Å². The van der Waals surface area contributed by atoms with Crippen LogP contribution in [0.1, 0.15) is 72.6 Å². The maximum atomic E-state index is 10.1. The third-order valence-electron chi connectivity index (χ3n) is 7.21. The fraction of sp³-hybridized carbons (Fsp3) is 0.630. The molecule has 2 saturated carbocycles. The lowest BCUT2D eigenvalue weighted by Crippen LogP contribution is -2.32. The van der Waals surface area contributed by atoms with Crippen molar-refractivity contribution in [1.29, 1.82) is 0 Å². The number of fused-ring (bicyclic) bond motifs is 1. The second-order valence-corrected chi connectivity index (χ2v) is 10.3. The summed E-state index contributed by atoms with van der Waals surface area (Å²) in [6, 6.07) is 0. The van der Waals surface area contributed by atoms with Gasteiger partial charge in [-0.15, -0.1) is 0 Å². The Balaban J connectivity index is 1.76.